The Labute approximate surface area is 106 Å². The van der Waals surface area contributed by atoms with E-state index in [1.165, 1.54) is 6.07 Å². The van der Waals surface area contributed by atoms with Gasteiger partial charge in [-0.05, 0) is 31.9 Å². The molecule has 0 amide bonds. The summed E-state index contributed by atoms with van der Waals surface area (Å²) in [6, 6.07) is 5.63. The monoisotopic (exact) mass is 287 g/mol. The van der Waals surface area contributed by atoms with E-state index in [0.717, 1.165) is 24.2 Å². The highest BCUT2D eigenvalue weighted by molar-refractivity contribution is 9.08. The molecule has 1 atom stereocenters. The maximum atomic E-state index is 13.9. The first-order chi connectivity index (χ1) is 7.65. The Kier molecular flexibility index (Phi) is 5.26. The van der Waals surface area contributed by atoms with Crippen LogP contribution in [0.2, 0.25) is 0 Å². The van der Waals surface area contributed by atoms with Gasteiger partial charge in [-0.25, -0.2) is 4.39 Å². The van der Waals surface area contributed by atoms with E-state index < -0.39 is 0 Å². The van der Waals surface area contributed by atoms with Crippen molar-refractivity contribution in [3.8, 4) is 0 Å². The molecule has 0 bridgehead atoms. The van der Waals surface area contributed by atoms with Crippen LogP contribution in [0.25, 0.3) is 0 Å². The van der Waals surface area contributed by atoms with Gasteiger partial charge in [0.1, 0.15) is 5.82 Å². The van der Waals surface area contributed by atoms with E-state index in [1.807, 2.05) is 6.07 Å². The average Bonchev–Trinajstić information content (AvgIpc) is 2.31. The summed E-state index contributed by atoms with van der Waals surface area (Å²) in [5.74, 6) is -0.126. The van der Waals surface area contributed by atoms with Crippen molar-refractivity contribution in [2.75, 3.05) is 11.4 Å². The van der Waals surface area contributed by atoms with Crippen molar-refractivity contribution >= 4 is 21.6 Å². The summed E-state index contributed by atoms with van der Waals surface area (Å²) in [5.41, 5.74) is 1.76. The number of rotatable bonds is 5. The molecule has 1 aromatic rings. The summed E-state index contributed by atoms with van der Waals surface area (Å²) in [4.78, 5) is 2.13. The average molecular weight is 288 g/mol. The van der Waals surface area contributed by atoms with Gasteiger partial charge in [0, 0.05) is 17.9 Å². The smallest absolute Gasteiger partial charge is 0.146 e. The predicted octanol–water partition coefficient (Wildman–Crippen LogP) is 4.35. The first kappa shape index (κ1) is 13.5. The molecule has 0 saturated carbocycles. The van der Waals surface area contributed by atoms with E-state index in [4.69, 9.17) is 0 Å². The van der Waals surface area contributed by atoms with Gasteiger partial charge in [0.25, 0.3) is 0 Å². The van der Waals surface area contributed by atoms with Crippen LogP contribution in [0.3, 0.4) is 0 Å². The van der Waals surface area contributed by atoms with Gasteiger partial charge < -0.3 is 4.90 Å². The molecule has 0 radical (unpaired) electrons. The second-order valence-corrected chi connectivity index (χ2v) is 4.49. The van der Waals surface area contributed by atoms with E-state index in [1.54, 1.807) is 6.07 Å². The van der Waals surface area contributed by atoms with Gasteiger partial charge in [-0.2, -0.15) is 0 Å². The fourth-order valence-electron chi connectivity index (χ4n) is 1.90. The lowest BCUT2D eigenvalue weighted by atomic mass is 10.1. The molecule has 3 heteroatoms. The highest BCUT2D eigenvalue weighted by Crippen LogP contribution is 2.28. The van der Waals surface area contributed by atoms with Crippen molar-refractivity contribution in [2.45, 2.75) is 38.6 Å². The maximum Gasteiger partial charge on any atom is 0.146 e. The molecule has 0 fully saturated rings. The van der Waals surface area contributed by atoms with Crippen LogP contribution in [0.5, 0.6) is 0 Å². The summed E-state index contributed by atoms with van der Waals surface area (Å²) in [7, 11) is 0. The summed E-state index contributed by atoms with van der Waals surface area (Å²) >= 11 is 3.42. The summed E-state index contributed by atoms with van der Waals surface area (Å²) in [5, 5.41) is 0.688. The Bertz CT molecular complexity index is 341. The minimum Gasteiger partial charge on any atom is -0.367 e. The Morgan fingerprint density at radius 2 is 2.06 bits per heavy atom. The third-order valence-electron chi connectivity index (χ3n) is 2.97. The highest BCUT2D eigenvalue weighted by atomic mass is 79.9. The van der Waals surface area contributed by atoms with E-state index in [0.29, 0.717) is 11.4 Å². The first-order valence-electron chi connectivity index (χ1n) is 5.75. The molecule has 1 unspecified atom stereocenters. The molecule has 16 heavy (non-hydrogen) atoms. The Morgan fingerprint density at radius 3 is 2.56 bits per heavy atom. The predicted molar refractivity (Wildman–Crippen MR) is 71.8 cm³/mol. The first-order valence-corrected chi connectivity index (χ1v) is 6.87. The molecule has 0 aliphatic heterocycles. The third-order valence-corrected chi connectivity index (χ3v) is 3.57. The van der Waals surface area contributed by atoms with Crippen molar-refractivity contribution in [3.63, 3.8) is 0 Å². The van der Waals surface area contributed by atoms with Gasteiger partial charge in [0.15, 0.2) is 0 Å². The zero-order valence-electron chi connectivity index (χ0n) is 10.1. The van der Waals surface area contributed by atoms with Crippen LogP contribution in [0.15, 0.2) is 18.2 Å². The number of benzene rings is 1. The van der Waals surface area contributed by atoms with Gasteiger partial charge in [-0.1, -0.05) is 35.0 Å². The summed E-state index contributed by atoms with van der Waals surface area (Å²) < 4.78 is 13.9. The molecule has 0 aliphatic rings. The number of nitrogens with zero attached hydrogens (tertiary/aromatic N) is 1. The van der Waals surface area contributed by atoms with Gasteiger partial charge in [-0.15, -0.1) is 0 Å². The standard InChI is InChI=1S/C13H19BrFN/c1-4-10(3)16(5-2)13-11(9-14)7-6-8-12(13)15/h6-8,10H,4-5,9H2,1-3H3. The SMILES string of the molecule is CCC(C)N(CC)c1c(F)cccc1CBr. The summed E-state index contributed by atoms with van der Waals surface area (Å²) in [6.45, 7) is 7.16. The number of hydrogen-bond acceptors (Lipinski definition) is 1. The third kappa shape index (κ3) is 2.76. The number of hydrogen-bond donors (Lipinski definition) is 0. The molecular formula is C13H19BrFN. The Hall–Kier alpha value is -0.570. The molecule has 0 spiro atoms. The van der Waals surface area contributed by atoms with E-state index in [9.17, 15) is 4.39 Å². The zero-order valence-corrected chi connectivity index (χ0v) is 11.7. The van der Waals surface area contributed by atoms with Crippen LogP contribution < -0.4 is 4.90 Å². The topological polar surface area (TPSA) is 3.24 Å². The Morgan fingerprint density at radius 1 is 1.38 bits per heavy atom. The van der Waals surface area contributed by atoms with Crippen LogP contribution in [-0.4, -0.2) is 12.6 Å². The van der Waals surface area contributed by atoms with E-state index in [-0.39, 0.29) is 5.82 Å². The number of alkyl halides is 1. The maximum absolute atomic E-state index is 13.9. The van der Waals surface area contributed by atoms with Gasteiger partial charge in [0.05, 0.1) is 5.69 Å². The number of anilines is 1. The van der Waals surface area contributed by atoms with E-state index >= 15 is 0 Å². The summed E-state index contributed by atoms with van der Waals surface area (Å²) in [6.07, 6.45) is 1.02. The molecular weight excluding hydrogens is 269 g/mol. The molecule has 1 nitrogen and oxygen atoms in total. The van der Waals surface area contributed by atoms with Gasteiger partial charge in [0.2, 0.25) is 0 Å². The molecule has 0 aliphatic carbocycles. The van der Waals surface area contributed by atoms with E-state index in [2.05, 4.69) is 41.6 Å². The van der Waals surface area contributed by atoms with Crippen LogP contribution in [0, 0.1) is 5.82 Å². The van der Waals surface area contributed by atoms with Crippen LogP contribution in [0.1, 0.15) is 32.8 Å². The van der Waals surface area contributed by atoms with Crippen LogP contribution in [-0.2, 0) is 5.33 Å². The quantitative estimate of drug-likeness (QED) is 0.728. The van der Waals surface area contributed by atoms with Crippen LogP contribution in [0.4, 0.5) is 10.1 Å². The number of halogens is 2. The lowest BCUT2D eigenvalue weighted by Gasteiger charge is -2.31. The van der Waals surface area contributed by atoms with Crippen molar-refractivity contribution in [1.82, 2.24) is 0 Å². The Balaban J connectivity index is 3.17. The minimum absolute atomic E-state index is 0.126. The fourth-order valence-corrected chi connectivity index (χ4v) is 2.35. The van der Waals surface area contributed by atoms with Crippen LogP contribution >= 0.6 is 15.9 Å². The van der Waals surface area contributed by atoms with Gasteiger partial charge in [-0.3, -0.25) is 0 Å². The van der Waals surface area contributed by atoms with Gasteiger partial charge >= 0.3 is 0 Å². The minimum atomic E-state index is -0.126. The van der Waals surface area contributed by atoms with Crippen molar-refractivity contribution in [3.05, 3.63) is 29.6 Å². The van der Waals surface area contributed by atoms with Crippen molar-refractivity contribution < 1.29 is 4.39 Å². The largest absolute Gasteiger partial charge is 0.367 e. The molecule has 1 aromatic carbocycles. The second kappa shape index (κ2) is 6.24. The molecule has 0 N–H and O–H groups in total. The molecule has 0 heterocycles. The zero-order chi connectivity index (χ0) is 12.1. The number of para-hydroxylation sites is 1. The molecule has 1 rings (SSSR count). The molecule has 0 saturated heterocycles. The lowest BCUT2D eigenvalue weighted by Crippen LogP contribution is -2.33. The second-order valence-electron chi connectivity index (χ2n) is 3.92. The fraction of sp³-hybridized carbons (Fsp3) is 0.538. The molecule has 90 valence electrons. The van der Waals surface area contributed by atoms with Crippen molar-refractivity contribution in [1.29, 1.82) is 0 Å². The van der Waals surface area contributed by atoms with Crippen molar-refractivity contribution in [2.24, 2.45) is 0 Å². The normalized spacial score (nSPS) is 12.6. The molecule has 0 aromatic heterocycles. The lowest BCUT2D eigenvalue weighted by molar-refractivity contribution is 0.581. The highest BCUT2D eigenvalue weighted by Gasteiger charge is 2.17.